The average molecular weight is 464 g/mol. The molecule has 1 aliphatic heterocycles. The molecule has 0 spiro atoms. The fourth-order valence-corrected chi connectivity index (χ4v) is 4.52. The molecule has 154 valence electrons. The van der Waals surface area contributed by atoms with Crippen molar-refractivity contribution in [2.24, 2.45) is 11.8 Å². The molecular weight excluding hydrogens is 447 g/mol. The molecule has 2 aromatic carbocycles. The van der Waals surface area contributed by atoms with Gasteiger partial charge in [0.25, 0.3) is 17.7 Å². The second kappa shape index (κ2) is 8.42. The largest absolute Gasteiger partial charge is 0.274 e. The van der Waals surface area contributed by atoms with Gasteiger partial charge in [-0.25, -0.2) is 5.01 Å². The van der Waals surface area contributed by atoms with Gasteiger partial charge < -0.3 is 0 Å². The molecule has 0 aromatic heterocycles. The summed E-state index contributed by atoms with van der Waals surface area (Å²) in [6.07, 6.45) is 4.74. The van der Waals surface area contributed by atoms with Crippen LogP contribution in [0.25, 0.3) is 0 Å². The Kier molecular flexibility index (Phi) is 5.87. The number of imide groups is 1. The number of halogens is 3. The van der Waals surface area contributed by atoms with E-state index >= 15 is 0 Å². The maximum absolute atomic E-state index is 13.4. The lowest BCUT2D eigenvalue weighted by molar-refractivity contribution is -0.155. The van der Waals surface area contributed by atoms with E-state index in [4.69, 9.17) is 34.8 Å². The molecule has 2 atom stereocenters. The molecule has 0 bridgehead atoms. The number of hydrazine groups is 1. The molecule has 0 radical (unpaired) electrons. The Hall–Kier alpha value is -2.34. The van der Waals surface area contributed by atoms with Gasteiger partial charge in [0.1, 0.15) is 0 Å². The summed E-state index contributed by atoms with van der Waals surface area (Å²) in [5.74, 6) is -2.27. The van der Waals surface area contributed by atoms with Crippen LogP contribution in [0.15, 0.2) is 54.6 Å². The van der Waals surface area contributed by atoms with Crippen LogP contribution >= 0.6 is 34.8 Å². The fraction of sp³-hybridized carbons (Fsp3) is 0.227. The van der Waals surface area contributed by atoms with Gasteiger partial charge in [0.05, 0.1) is 29.0 Å². The molecule has 8 heteroatoms. The summed E-state index contributed by atoms with van der Waals surface area (Å²) in [5, 5.41) is 3.11. The van der Waals surface area contributed by atoms with Crippen molar-refractivity contribution in [3.63, 3.8) is 0 Å². The quantitative estimate of drug-likeness (QED) is 0.465. The number of nitrogens with zero attached hydrogens (tertiary/aromatic N) is 2. The number of fused-ring (bicyclic) bond motifs is 1. The van der Waals surface area contributed by atoms with E-state index in [0.717, 1.165) is 10.0 Å². The maximum atomic E-state index is 13.4. The van der Waals surface area contributed by atoms with Crippen molar-refractivity contribution in [3.05, 3.63) is 80.8 Å². The average Bonchev–Trinajstić information content (AvgIpc) is 2.98. The third kappa shape index (κ3) is 3.73. The molecule has 2 aromatic rings. The highest BCUT2D eigenvalue weighted by Gasteiger charge is 2.51. The van der Waals surface area contributed by atoms with Crippen LogP contribution in [0, 0.1) is 11.8 Å². The van der Waals surface area contributed by atoms with Crippen molar-refractivity contribution in [1.82, 2.24) is 10.0 Å². The predicted octanol–water partition coefficient (Wildman–Crippen LogP) is 5.16. The lowest BCUT2D eigenvalue weighted by Gasteiger charge is -2.31. The molecular formula is C22H17Cl3N2O3. The highest BCUT2D eigenvalue weighted by Crippen LogP contribution is 2.37. The summed E-state index contributed by atoms with van der Waals surface area (Å²) in [6, 6.07) is 11.4. The van der Waals surface area contributed by atoms with Crippen molar-refractivity contribution in [1.29, 1.82) is 0 Å². The summed E-state index contributed by atoms with van der Waals surface area (Å²) in [6.45, 7) is -0.0790. The number of rotatable bonds is 4. The zero-order valence-corrected chi connectivity index (χ0v) is 18.0. The Labute approximate surface area is 188 Å². The van der Waals surface area contributed by atoms with Crippen LogP contribution in [0.3, 0.4) is 0 Å². The minimum absolute atomic E-state index is 0.0790. The lowest BCUT2D eigenvalue weighted by Crippen LogP contribution is -2.50. The molecule has 5 nitrogen and oxygen atoms in total. The molecule has 1 aliphatic carbocycles. The zero-order chi connectivity index (χ0) is 21.4. The van der Waals surface area contributed by atoms with E-state index in [0.29, 0.717) is 28.5 Å². The van der Waals surface area contributed by atoms with Gasteiger partial charge in [-0.2, -0.15) is 5.01 Å². The third-order valence-electron chi connectivity index (χ3n) is 5.40. The van der Waals surface area contributed by atoms with E-state index in [1.54, 1.807) is 42.5 Å². The van der Waals surface area contributed by atoms with E-state index in [2.05, 4.69) is 0 Å². The molecule has 0 unspecified atom stereocenters. The van der Waals surface area contributed by atoms with Gasteiger partial charge in [-0.1, -0.05) is 65.2 Å². The zero-order valence-electron chi connectivity index (χ0n) is 15.7. The monoisotopic (exact) mass is 462 g/mol. The third-order valence-corrected chi connectivity index (χ3v) is 6.32. The number of allylic oxidation sites excluding steroid dienone is 2. The molecule has 2 aliphatic rings. The first-order valence-corrected chi connectivity index (χ1v) is 10.5. The molecule has 30 heavy (non-hydrogen) atoms. The van der Waals surface area contributed by atoms with Crippen molar-refractivity contribution in [2.75, 3.05) is 0 Å². The highest BCUT2D eigenvalue weighted by molar-refractivity contribution is 6.35. The number of carbonyl (C=O) groups is 3. The number of benzene rings is 2. The first-order chi connectivity index (χ1) is 14.4. The Morgan fingerprint density at radius 3 is 2.17 bits per heavy atom. The Morgan fingerprint density at radius 1 is 0.933 bits per heavy atom. The second-order valence-electron chi connectivity index (χ2n) is 7.22. The Bertz CT molecular complexity index is 1040. The SMILES string of the molecule is O=C(c1ccccc1Cl)N(Cc1ccc(Cl)cc1Cl)N1C(=O)[C@H]2CC=CC[C@H]2C1=O. The Balaban J connectivity index is 1.75. The molecule has 1 heterocycles. The molecule has 3 amide bonds. The lowest BCUT2D eigenvalue weighted by atomic mass is 9.85. The van der Waals surface area contributed by atoms with E-state index in [1.165, 1.54) is 0 Å². The van der Waals surface area contributed by atoms with Crippen LogP contribution in [-0.4, -0.2) is 27.7 Å². The van der Waals surface area contributed by atoms with E-state index in [1.807, 2.05) is 12.2 Å². The predicted molar refractivity (Wildman–Crippen MR) is 115 cm³/mol. The minimum atomic E-state index is -0.556. The second-order valence-corrected chi connectivity index (χ2v) is 8.47. The Morgan fingerprint density at radius 2 is 1.57 bits per heavy atom. The van der Waals surface area contributed by atoms with Gasteiger partial charge in [0.15, 0.2) is 0 Å². The summed E-state index contributed by atoms with van der Waals surface area (Å²) >= 11 is 18.5. The smallest absolute Gasteiger partial charge is 0.272 e. The highest BCUT2D eigenvalue weighted by atomic mass is 35.5. The van der Waals surface area contributed by atoms with Crippen LogP contribution in [0.1, 0.15) is 28.8 Å². The topological polar surface area (TPSA) is 57.7 Å². The molecule has 1 fully saturated rings. The first-order valence-electron chi connectivity index (χ1n) is 9.41. The summed E-state index contributed by atoms with van der Waals surface area (Å²) in [7, 11) is 0. The maximum Gasteiger partial charge on any atom is 0.274 e. The van der Waals surface area contributed by atoms with Crippen molar-refractivity contribution in [2.45, 2.75) is 19.4 Å². The van der Waals surface area contributed by atoms with Gasteiger partial charge in [-0.3, -0.25) is 14.4 Å². The summed E-state index contributed by atoms with van der Waals surface area (Å²) in [5.41, 5.74) is 0.743. The van der Waals surface area contributed by atoms with Crippen LogP contribution < -0.4 is 0 Å². The van der Waals surface area contributed by atoms with Gasteiger partial charge >= 0.3 is 0 Å². The van der Waals surface area contributed by atoms with Crippen molar-refractivity contribution >= 4 is 52.5 Å². The van der Waals surface area contributed by atoms with Crippen LogP contribution in [-0.2, 0) is 16.1 Å². The van der Waals surface area contributed by atoms with Crippen LogP contribution in [0.4, 0.5) is 0 Å². The summed E-state index contributed by atoms with van der Waals surface area (Å²) in [4.78, 5) is 39.7. The normalized spacial score (nSPS) is 20.4. The molecule has 4 rings (SSSR count). The number of amides is 3. The number of carbonyl (C=O) groups excluding carboxylic acids is 3. The number of hydrogen-bond acceptors (Lipinski definition) is 3. The van der Waals surface area contributed by atoms with Crippen LogP contribution in [0.2, 0.25) is 15.1 Å². The first kappa shape index (κ1) is 20.9. The van der Waals surface area contributed by atoms with Gasteiger partial charge in [-0.15, -0.1) is 0 Å². The van der Waals surface area contributed by atoms with Crippen LogP contribution in [0.5, 0.6) is 0 Å². The fourth-order valence-electron chi connectivity index (χ4n) is 3.84. The molecule has 0 saturated carbocycles. The van der Waals surface area contributed by atoms with Gasteiger partial charge in [-0.05, 0) is 42.7 Å². The van der Waals surface area contributed by atoms with E-state index in [-0.39, 0.29) is 28.9 Å². The van der Waals surface area contributed by atoms with Gasteiger partial charge in [0.2, 0.25) is 0 Å². The number of hydrogen-bond donors (Lipinski definition) is 0. The standard InChI is InChI=1S/C22H17Cl3N2O3/c23-14-10-9-13(19(25)11-14)12-26(20(28)17-7-3-4-8-18(17)24)27-21(29)15-5-1-2-6-16(15)22(27)30/h1-4,7-11,15-16H,5-6,12H2/t15-,16+. The minimum Gasteiger partial charge on any atom is -0.272 e. The van der Waals surface area contributed by atoms with E-state index < -0.39 is 17.7 Å². The molecule has 1 saturated heterocycles. The van der Waals surface area contributed by atoms with Crippen molar-refractivity contribution < 1.29 is 14.4 Å². The van der Waals surface area contributed by atoms with E-state index in [9.17, 15) is 14.4 Å². The van der Waals surface area contributed by atoms with Crippen molar-refractivity contribution in [3.8, 4) is 0 Å². The van der Waals surface area contributed by atoms with Gasteiger partial charge in [0, 0.05) is 10.0 Å². The molecule has 0 N–H and O–H groups in total. The summed E-state index contributed by atoms with van der Waals surface area (Å²) < 4.78 is 0.